The minimum absolute atomic E-state index is 0.543. The third-order valence-electron chi connectivity index (χ3n) is 24.6. The number of para-hydroxylation sites is 5. The van der Waals surface area contributed by atoms with Gasteiger partial charge in [0, 0.05) is 93.7 Å². The molecule has 0 amide bonds. The van der Waals surface area contributed by atoms with Gasteiger partial charge in [-0.15, -0.1) is 0 Å². The van der Waals surface area contributed by atoms with Crippen LogP contribution in [0.5, 0.6) is 0 Å². The van der Waals surface area contributed by atoms with Crippen molar-refractivity contribution in [2.24, 2.45) is 0 Å². The molecule has 0 unspecified atom stereocenters. The lowest BCUT2D eigenvalue weighted by atomic mass is 9.98. The van der Waals surface area contributed by atoms with Crippen molar-refractivity contribution in [3.63, 3.8) is 0 Å². The van der Waals surface area contributed by atoms with E-state index in [9.17, 15) is 0 Å². The van der Waals surface area contributed by atoms with Crippen LogP contribution in [0.4, 0.5) is 0 Å². The summed E-state index contributed by atoms with van der Waals surface area (Å²) in [5.41, 5.74) is 33.7. The number of allylic oxidation sites excluding steroid dienone is 10. The predicted octanol–water partition coefficient (Wildman–Crippen LogP) is 30.8. The summed E-state index contributed by atoms with van der Waals surface area (Å²) in [6.07, 6.45) is 14.1. The van der Waals surface area contributed by atoms with E-state index in [4.69, 9.17) is 26.5 Å². The molecule has 0 N–H and O–H groups in total. The minimum Gasteiger partial charge on any atom is -0.309 e. The Labute approximate surface area is 730 Å². The first kappa shape index (κ1) is 75.5. The number of nitrogens with zero attached hydrogens (tertiary/aromatic N) is 8. The molecule has 0 fully saturated rings. The molecule has 0 radical (unpaired) electrons. The SMILES string of the molecule is C=C/C=C\C=C(/C)c1cc(-c2ccc(-n3c4ccccc4c4cc(-c5ccc6c(c5)c5ccccc5n6-c5ccc(-c6ccc(C(/C=C\C)=C/C(=C)c7nc(-c8ccc(-n9c%10ccccc%10c%10cc(-c%11ccc%12c(c%11)c%11ccccc%11n%12-c%11ccccc%11)ccc%109)cc8)cc(-c8cccc(-c9ccccc9)c8)n7)cc6)cc5)ccc43)cc2)nc(-c2ccccc2)n1. The van der Waals surface area contributed by atoms with Crippen LogP contribution in [-0.2, 0) is 0 Å². The maximum atomic E-state index is 5.38. The molecular weight excluding hydrogens is 1530 g/mol. The summed E-state index contributed by atoms with van der Waals surface area (Å²) >= 11 is 0. The Balaban J connectivity index is 0.541. The maximum Gasteiger partial charge on any atom is 0.160 e. The Hall–Kier alpha value is -16.7. The van der Waals surface area contributed by atoms with Crippen molar-refractivity contribution in [3.8, 4) is 112 Å². The van der Waals surface area contributed by atoms with Crippen LogP contribution in [-0.4, -0.2) is 38.2 Å². The normalized spacial score (nSPS) is 12.1. The van der Waals surface area contributed by atoms with Crippen molar-refractivity contribution in [3.05, 3.63) is 467 Å². The van der Waals surface area contributed by atoms with Gasteiger partial charge in [0.05, 0.1) is 66.9 Å². The Morgan fingerprint density at radius 1 is 0.278 bits per heavy atom. The third-order valence-corrected chi connectivity index (χ3v) is 24.6. The van der Waals surface area contributed by atoms with E-state index in [1.807, 2.05) is 30.4 Å². The van der Waals surface area contributed by atoms with Gasteiger partial charge in [-0.3, -0.25) is 0 Å². The lowest BCUT2D eigenvalue weighted by molar-refractivity contribution is 1.13. The van der Waals surface area contributed by atoms with Crippen LogP contribution < -0.4 is 0 Å². The molecule has 22 aromatic rings. The number of rotatable bonds is 19. The van der Waals surface area contributed by atoms with Crippen molar-refractivity contribution in [1.29, 1.82) is 0 Å². The molecule has 126 heavy (non-hydrogen) atoms. The highest BCUT2D eigenvalue weighted by atomic mass is 15.0. The zero-order chi connectivity index (χ0) is 84.3. The topological polar surface area (TPSA) is 71.3 Å². The van der Waals surface area contributed by atoms with E-state index in [2.05, 4.69) is 439 Å². The maximum absolute atomic E-state index is 5.38. The monoisotopic (exact) mass is 1610 g/mol. The molecule has 0 saturated carbocycles. The standard InChI is InChI=1S/C118H82N8/c1-5-7-11-28-77(3)105-75-106(122-118(119-105)85-31-14-9-15-32-85)83-51-61-95(62-52-83)125-111-43-24-20-39-99(111)104-74-91(58-68-115(104)125)90-56-66-114-102(72-90)98-38-19-23-42-110(98)124(114)94-59-49-81(50-60-94)80-45-47-82(48-46-80)86(27-6-2)69-78(4)117-120-107(76-108(121-117)92-34-26-33-87(70-92)79-29-12-8-13-30-79)84-53-63-96(64-54-84)126-112-44-25-21-40-100(112)103-73-89(57-67-116(103)126)88-55-65-113-101(71-88)97-37-18-22-41-109(97)123(113)93-35-16-10-17-36-93/h5-76H,1,4H2,2-3H3/b11-7-,27-6-,77-28+,86-69+. The van der Waals surface area contributed by atoms with Crippen LogP contribution in [0.3, 0.4) is 0 Å². The highest BCUT2D eigenvalue weighted by molar-refractivity contribution is 6.15. The average Bonchev–Trinajstić information content (AvgIpc) is 1.59. The smallest absolute Gasteiger partial charge is 0.160 e. The summed E-state index contributed by atoms with van der Waals surface area (Å²) in [6, 6.07) is 142. The second kappa shape index (κ2) is 32.0. The Morgan fingerprint density at radius 3 is 1.06 bits per heavy atom. The summed E-state index contributed by atoms with van der Waals surface area (Å²) in [6.45, 7) is 12.7. The number of hydrogen-bond donors (Lipinski definition) is 0. The molecule has 16 aromatic carbocycles. The van der Waals surface area contributed by atoms with Crippen molar-refractivity contribution in [2.75, 3.05) is 0 Å². The number of aromatic nitrogens is 8. The quantitative estimate of drug-likeness (QED) is 0.0757. The number of hydrogen-bond acceptors (Lipinski definition) is 4. The van der Waals surface area contributed by atoms with Gasteiger partial charge in [0.2, 0.25) is 0 Å². The van der Waals surface area contributed by atoms with E-state index in [-0.39, 0.29) is 0 Å². The van der Waals surface area contributed by atoms with Gasteiger partial charge in [-0.1, -0.05) is 304 Å². The number of fused-ring (bicyclic) bond motifs is 12. The first-order valence-electron chi connectivity index (χ1n) is 42.8. The molecule has 6 aromatic heterocycles. The molecule has 0 aliphatic carbocycles. The summed E-state index contributed by atoms with van der Waals surface area (Å²) in [5.74, 6) is 1.23. The van der Waals surface area contributed by atoms with Crippen molar-refractivity contribution >= 4 is 104 Å². The van der Waals surface area contributed by atoms with E-state index in [0.29, 0.717) is 17.2 Å². The lowest BCUT2D eigenvalue weighted by Crippen LogP contribution is -1.99. The minimum atomic E-state index is 0.543. The van der Waals surface area contributed by atoms with E-state index in [1.165, 1.54) is 65.3 Å². The molecule has 8 nitrogen and oxygen atoms in total. The molecule has 0 aliphatic rings. The van der Waals surface area contributed by atoms with Gasteiger partial charge >= 0.3 is 0 Å². The van der Waals surface area contributed by atoms with Gasteiger partial charge in [-0.2, -0.15) is 0 Å². The highest BCUT2D eigenvalue weighted by Crippen LogP contribution is 2.44. The van der Waals surface area contributed by atoms with E-state index >= 15 is 0 Å². The zero-order valence-electron chi connectivity index (χ0n) is 69.6. The van der Waals surface area contributed by atoms with Crippen molar-refractivity contribution in [2.45, 2.75) is 13.8 Å². The fourth-order valence-corrected chi connectivity index (χ4v) is 18.4. The van der Waals surface area contributed by atoms with Gasteiger partial charge in [0.1, 0.15) is 0 Å². The highest BCUT2D eigenvalue weighted by Gasteiger charge is 2.23. The molecule has 0 saturated heterocycles. The molecule has 0 spiro atoms. The number of benzene rings is 16. The summed E-state index contributed by atoms with van der Waals surface area (Å²) < 4.78 is 9.53. The van der Waals surface area contributed by atoms with Crippen LogP contribution in [0.15, 0.2) is 450 Å². The van der Waals surface area contributed by atoms with Gasteiger partial charge in [0.15, 0.2) is 11.6 Å². The molecule has 0 atom stereocenters. The fraction of sp³-hybridized carbons (Fsp3) is 0.0169. The summed E-state index contributed by atoms with van der Waals surface area (Å²) in [5, 5.41) is 9.63. The van der Waals surface area contributed by atoms with Crippen LogP contribution in [0, 0.1) is 0 Å². The Kier molecular flexibility index (Phi) is 19.2. The van der Waals surface area contributed by atoms with Gasteiger partial charge < -0.3 is 18.3 Å². The molecule has 0 aliphatic heterocycles. The molecule has 8 heteroatoms. The first-order valence-corrected chi connectivity index (χ1v) is 42.8. The van der Waals surface area contributed by atoms with Gasteiger partial charge in [-0.05, 0) is 221 Å². The van der Waals surface area contributed by atoms with Crippen LogP contribution in [0.1, 0.15) is 30.9 Å². The molecule has 594 valence electrons. The Morgan fingerprint density at radius 2 is 0.619 bits per heavy atom. The van der Waals surface area contributed by atoms with Gasteiger partial charge in [-0.25, -0.2) is 19.9 Å². The van der Waals surface area contributed by atoms with Crippen LogP contribution in [0.25, 0.3) is 216 Å². The average molecular weight is 1610 g/mol. The largest absolute Gasteiger partial charge is 0.309 e. The second-order valence-electron chi connectivity index (χ2n) is 32.2. The molecular formula is C118H82N8. The lowest BCUT2D eigenvalue weighted by Gasteiger charge is -2.13. The van der Waals surface area contributed by atoms with E-state index in [1.54, 1.807) is 6.08 Å². The predicted molar refractivity (Wildman–Crippen MR) is 530 cm³/mol. The Bertz CT molecular complexity index is 8200. The summed E-state index contributed by atoms with van der Waals surface area (Å²) in [7, 11) is 0. The second-order valence-corrected chi connectivity index (χ2v) is 32.2. The van der Waals surface area contributed by atoms with Crippen LogP contribution in [0.2, 0.25) is 0 Å². The fourth-order valence-electron chi connectivity index (χ4n) is 18.4. The molecule has 0 bridgehead atoms. The molecule has 6 heterocycles. The zero-order valence-corrected chi connectivity index (χ0v) is 69.6. The van der Waals surface area contributed by atoms with E-state index in [0.717, 1.165) is 151 Å². The van der Waals surface area contributed by atoms with Crippen molar-refractivity contribution < 1.29 is 0 Å². The van der Waals surface area contributed by atoms with E-state index < -0.39 is 0 Å². The van der Waals surface area contributed by atoms with Crippen LogP contribution >= 0.6 is 0 Å². The third kappa shape index (κ3) is 13.7. The first-order chi connectivity index (χ1) is 62.2. The molecule has 22 rings (SSSR count). The summed E-state index contributed by atoms with van der Waals surface area (Å²) in [4.78, 5) is 20.9. The van der Waals surface area contributed by atoms with Crippen molar-refractivity contribution in [1.82, 2.24) is 38.2 Å². The van der Waals surface area contributed by atoms with Gasteiger partial charge in [0.25, 0.3) is 0 Å².